The van der Waals surface area contributed by atoms with Crippen LogP contribution < -0.4 is 11.3 Å². The number of aryl methyl sites for hydroxylation is 2. The molecule has 1 aromatic heterocycles. The topological polar surface area (TPSA) is 55.9 Å². The van der Waals surface area contributed by atoms with E-state index in [0.29, 0.717) is 5.02 Å². The van der Waals surface area contributed by atoms with Crippen LogP contribution in [0.1, 0.15) is 29.9 Å². The van der Waals surface area contributed by atoms with E-state index in [1.807, 2.05) is 36.0 Å². The Bertz CT molecular complexity index is 518. The Morgan fingerprint density at radius 1 is 1.39 bits per heavy atom. The minimum atomic E-state index is -0.0833. The molecule has 4 nitrogen and oxygen atoms in total. The van der Waals surface area contributed by atoms with Gasteiger partial charge in [0.15, 0.2) is 0 Å². The Morgan fingerprint density at radius 2 is 2.06 bits per heavy atom. The Balaban J connectivity index is 2.38. The number of benzene rings is 1. The summed E-state index contributed by atoms with van der Waals surface area (Å²) in [5.41, 5.74) is 5.99. The maximum atomic E-state index is 5.89. The number of nitrogens with one attached hydrogen (secondary N) is 1. The van der Waals surface area contributed by atoms with Gasteiger partial charge in [-0.25, -0.2) is 5.43 Å². The first kappa shape index (κ1) is 13.1. The van der Waals surface area contributed by atoms with Crippen LogP contribution in [0.15, 0.2) is 30.3 Å². The molecule has 1 aromatic carbocycles. The SMILES string of the molecule is CCc1cc(C(NN)c2ccc(Cl)cc2)n(C)n1. The molecule has 0 saturated heterocycles. The van der Waals surface area contributed by atoms with Gasteiger partial charge in [0.2, 0.25) is 0 Å². The summed E-state index contributed by atoms with van der Waals surface area (Å²) in [6.45, 7) is 2.08. The number of hydrazine groups is 1. The standard InChI is InChI=1S/C13H17ClN4/c1-3-11-8-12(18(2)17-11)13(16-15)9-4-6-10(14)7-5-9/h4-8,13,16H,3,15H2,1-2H3. The number of rotatable bonds is 4. The van der Waals surface area contributed by atoms with Crippen LogP contribution in [0.2, 0.25) is 5.02 Å². The molecule has 0 aliphatic heterocycles. The predicted molar refractivity (Wildman–Crippen MR) is 73.2 cm³/mol. The summed E-state index contributed by atoms with van der Waals surface area (Å²) >= 11 is 5.89. The first-order valence-corrected chi connectivity index (χ1v) is 6.28. The first-order valence-electron chi connectivity index (χ1n) is 5.90. The van der Waals surface area contributed by atoms with Crippen molar-refractivity contribution in [1.29, 1.82) is 0 Å². The second-order valence-corrected chi connectivity index (χ2v) is 4.63. The second kappa shape index (κ2) is 5.52. The predicted octanol–water partition coefficient (Wildman–Crippen LogP) is 2.19. The van der Waals surface area contributed by atoms with Crippen LogP contribution in [-0.2, 0) is 13.5 Å². The minimum absolute atomic E-state index is 0.0833. The molecule has 2 aromatic rings. The Morgan fingerprint density at radius 3 is 2.56 bits per heavy atom. The highest BCUT2D eigenvalue weighted by Crippen LogP contribution is 2.23. The van der Waals surface area contributed by atoms with Crippen molar-refractivity contribution in [2.45, 2.75) is 19.4 Å². The molecule has 0 amide bonds. The fourth-order valence-corrected chi connectivity index (χ4v) is 2.12. The van der Waals surface area contributed by atoms with Gasteiger partial charge in [0.1, 0.15) is 0 Å². The highest BCUT2D eigenvalue weighted by Gasteiger charge is 2.17. The summed E-state index contributed by atoms with van der Waals surface area (Å²) in [5.74, 6) is 5.67. The molecule has 0 radical (unpaired) electrons. The quantitative estimate of drug-likeness (QED) is 0.657. The fourth-order valence-electron chi connectivity index (χ4n) is 1.99. The lowest BCUT2D eigenvalue weighted by molar-refractivity contribution is 0.574. The van der Waals surface area contributed by atoms with Crippen LogP contribution in [0.25, 0.3) is 0 Å². The van der Waals surface area contributed by atoms with Gasteiger partial charge in [0.25, 0.3) is 0 Å². The largest absolute Gasteiger partial charge is 0.271 e. The average molecular weight is 265 g/mol. The van der Waals surface area contributed by atoms with Gasteiger partial charge in [-0.2, -0.15) is 5.10 Å². The molecule has 0 spiro atoms. The monoisotopic (exact) mass is 264 g/mol. The lowest BCUT2D eigenvalue weighted by Crippen LogP contribution is -2.30. The number of halogens is 1. The zero-order valence-corrected chi connectivity index (χ0v) is 11.3. The summed E-state index contributed by atoms with van der Waals surface area (Å²) in [5, 5.41) is 5.15. The molecule has 2 rings (SSSR count). The molecular weight excluding hydrogens is 248 g/mol. The van der Waals surface area contributed by atoms with E-state index in [1.54, 1.807) is 0 Å². The third-order valence-electron chi connectivity index (χ3n) is 2.99. The number of nitrogens with zero attached hydrogens (tertiary/aromatic N) is 2. The highest BCUT2D eigenvalue weighted by molar-refractivity contribution is 6.30. The van der Waals surface area contributed by atoms with Crippen molar-refractivity contribution in [1.82, 2.24) is 15.2 Å². The van der Waals surface area contributed by atoms with E-state index in [4.69, 9.17) is 17.4 Å². The van der Waals surface area contributed by atoms with Crippen LogP contribution in [0, 0.1) is 0 Å². The van der Waals surface area contributed by atoms with Crippen LogP contribution >= 0.6 is 11.6 Å². The van der Waals surface area contributed by atoms with Gasteiger partial charge in [-0.1, -0.05) is 30.7 Å². The number of aromatic nitrogens is 2. The lowest BCUT2D eigenvalue weighted by atomic mass is 10.0. The van der Waals surface area contributed by atoms with Gasteiger partial charge in [-0.3, -0.25) is 10.5 Å². The van der Waals surface area contributed by atoms with Crippen molar-refractivity contribution in [3.8, 4) is 0 Å². The summed E-state index contributed by atoms with van der Waals surface area (Å²) < 4.78 is 1.86. The summed E-state index contributed by atoms with van der Waals surface area (Å²) in [4.78, 5) is 0. The fraction of sp³-hybridized carbons (Fsp3) is 0.308. The summed E-state index contributed by atoms with van der Waals surface area (Å²) in [6.07, 6.45) is 0.908. The number of hydrogen-bond acceptors (Lipinski definition) is 3. The van der Waals surface area contributed by atoms with Crippen LogP contribution in [-0.4, -0.2) is 9.78 Å². The Kier molecular flexibility index (Phi) is 4.01. The van der Waals surface area contributed by atoms with E-state index in [2.05, 4.69) is 23.5 Å². The maximum Gasteiger partial charge on any atom is 0.0878 e. The molecule has 0 bridgehead atoms. The average Bonchev–Trinajstić information content (AvgIpc) is 2.74. The van der Waals surface area contributed by atoms with Crippen molar-refractivity contribution >= 4 is 11.6 Å². The van der Waals surface area contributed by atoms with Crippen LogP contribution in [0.3, 0.4) is 0 Å². The van der Waals surface area contributed by atoms with E-state index >= 15 is 0 Å². The van der Waals surface area contributed by atoms with E-state index in [0.717, 1.165) is 23.4 Å². The van der Waals surface area contributed by atoms with E-state index < -0.39 is 0 Å². The third kappa shape index (κ3) is 2.56. The molecule has 96 valence electrons. The lowest BCUT2D eigenvalue weighted by Gasteiger charge is -2.16. The van der Waals surface area contributed by atoms with E-state index in [-0.39, 0.29) is 6.04 Å². The molecule has 1 unspecified atom stereocenters. The van der Waals surface area contributed by atoms with Gasteiger partial charge >= 0.3 is 0 Å². The van der Waals surface area contributed by atoms with Crippen molar-refractivity contribution in [2.24, 2.45) is 12.9 Å². The smallest absolute Gasteiger partial charge is 0.0878 e. The minimum Gasteiger partial charge on any atom is -0.271 e. The summed E-state index contributed by atoms with van der Waals surface area (Å²) in [7, 11) is 1.93. The molecule has 1 atom stereocenters. The van der Waals surface area contributed by atoms with E-state index in [1.165, 1.54) is 0 Å². The zero-order chi connectivity index (χ0) is 13.1. The van der Waals surface area contributed by atoms with E-state index in [9.17, 15) is 0 Å². The van der Waals surface area contributed by atoms with Crippen molar-refractivity contribution < 1.29 is 0 Å². The molecule has 0 saturated carbocycles. The molecule has 0 fully saturated rings. The maximum absolute atomic E-state index is 5.89. The van der Waals surface area contributed by atoms with Gasteiger partial charge in [0.05, 0.1) is 17.4 Å². The first-order chi connectivity index (χ1) is 8.65. The highest BCUT2D eigenvalue weighted by atomic mass is 35.5. The molecule has 18 heavy (non-hydrogen) atoms. The Labute approximate surface area is 112 Å². The molecule has 5 heteroatoms. The van der Waals surface area contributed by atoms with Crippen molar-refractivity contribution in [3.63, 3.8) is 0 Å². The molecule has 1 heterocycles. The second-order valence-electron chi connectivity index (χ2n) is 4.19. The molecule has 0 aliphatic rings. The van der Waals surface area contributed by atoms with Crippen LogP contribution in [0.5, 0.6) is 0 Å². The number of hydrogen-bond donors (Lipinski definition) is 2. The van der Waals surface area contributed by atoms with Gasteiger partial charge < -0.3 is 0 Å². The summed E-state index contributed by atoms with van der Waals surface area (Å²) in [6, 6.07) is 9.63. The molecule has 3 N–H and O–H groups in total. The normalized spacial score (nSPS) is 12.7. The molecule has 0 aliphatic carbocycles. The third-order valence-corrected chi connectivity index (χ3v) is 3.25. The van der Waals surface area contributed by atoms with Crippen molar-refractivity contribution in [3.05, 3.63) is 52.3 Å². The van der Waals surface area contributed by atoms with Crippen molar-refractivity contribution in [2.75, 3.05) is 0 Å². The van der Waals surface area contributed by atoms with Crippen LogP contribution in [0.4, 0.5) is 0 Å². The van der Waals surface area contributed by atoms with Gasteiger partial charge in [-0.15, -0.1) is 0 Å². The number of nitrogens with two attached hydrogens (primary N) is 1. The molecular formula is C13H17ClN4. The zero-order valence-electron chi connectivity index (χ0n) is 10.5. The Hall–Kier alpha value is -1.36. The van der Waals surface area contributed by atoms with Gasteiger partial charge in [-0.05, 0) is 30.2 Å². The van der Waals surface area contributed by atoms with Gasteiger partial charge in [0, 0.05) is 12.1 Å².